The lowest BCUT2D eigenvalue weighted by molar-refractivity contribution is -0.140. The normalized spacial score (nSPS) is 25.1. The van der Waals surface area contributed by atoms with Gasteiger partial charge in [0.1, 0.15) is 0 Å². The van der Waals surface area contributed by atoms with Crippen molar-refractivity contribution in [2.75, 3.05) is 6.54 Å². The Morgan fingerprint density at radius 2 is 1.88 bits per heavy atom. The first-order chi connectivity index (χ1) is 7.71. The Kier molecular flexibility index (Phi) is 4.17. The molecular weight excluding hydrogens is 218 g/mol. The van der Waals surface area contributed by atoms with Crippen LogP contribution in [0.3, 0.4) is 0 Å². The summed E-state index contributed by atoms with van der Waals surface area (Å²) in [4.78, 5) is 24.7. The molecule has 1 aliphatic heterocycles. The van der Waals surface area contributed by atoms with Gasteiger partial charge in [0.2, 0.25) is 5.91 Å². The smallest absolute Gasteiger partial charge is 0.303 e. The Morgan fingerprint density at radius 1 is 1.29 bits per heavy atom. The summed E-state index contributed by atoms with van der Waals surface area (Å²) in [5.41, 5.74) is -0.464. The molecule has 0 aromatic rings. The van der Waals surface area contributed by atoms with Crippen molar-refractivity contribution in [1.29, 1.82) is 0 Å². The van der Waals surface area contributed by atoms with Gasteiger partial charge >= 0.3 is 5.97 Å². The van der Waals surface area contributed by atoms with Gasteiger partial charge in [0, 0.05) is 19.0 Å². The SMILES string of the molecule is CC1CC(C)N(C(=O)CC(C)(C)CC(=O)O)C1. The second kappa shape index (κ2) is 5.07. The van der Waals surface area contributed by atoms with Gasteiger partial charge in [-0.25, -0.2) is 0 Å². The number of rotatable bonds is 4. The fraction of sp³-hybridized carbons (Fsp3) is 0.846. The zero-order valence-electron chi connectivity index (χ0n) is 11.2. The van der Waals surface area contributed by atoms with Gasteiger partial charge in [-0.2, -0.15) is 0 Å². The second-order valence-electron chi connectivity index (χ2n) is 6.15. The number of nitrogens with zero attached hydrogens (tertiary/aromatic N) is 1. The highest BCUT2D eigenvalue weighted by Gasteiger charge is 2.33. The van der Waals surface area contributed by atoms with E-state index in [4.69, 9.17) is 5.11 Å². The monoisotopic (exact) mass is 241 g/mol. The number of hydrogen-bond donors (Lipinski definition) is 1. The first-order valence-corrected chi connectivity index (χ1v) is 6.22. The molecule has 1 heterocycles. The molecule has 4 nitrogen and oxygen atoms in total. The van der Waals surface area contributed by atoms with E-state index < -0.39 is 11.4 Å². The predicted octanol–water partition coefficient (Wildman–Crippen LogP) is 2.13. The summed E-state index contributed by atoms with van der Waals surface area (Å²) in [5, 5.41) is 8.80. The van der Waals surface area contributed by atoms with Crippen LogP contribution >= 0.6 is 0 Å². The van der Waals surface area contributed by atoms with Gasteiger partial charge in [0.05, 0.1) is 6.42 Å². The summed E-state index contributed by atoms with van der Waals surface area (Å²) in [6.45, 7) is 8.69. The molecule has 2 atom stereocenters. The van der Waals surface area contributed by atoms with Crippen LogP contribution in [0.2, 0.25) is 0 Å². The van der Waals surface area contributed by atoms with Gasteiger partial charge in [-0.1, -0.05) is 20.8 Å². The average molecular weight is 241 g/mol. The lowest BCUT2D eigenvalue weighted by Gasteiger charge is -2.27. The molecular formula is C13H23NO3. The average Bonchev–Trinajstić information content (AvgIpc) is 2.41. The Hall–Kier alpha value is -1.06. The van der Waals surface area contributed by atoms with Crippen LogP contribution in [0.25, 0.3) is 0 Å². The van der Waals surface area contributed by atoms with Crippen molar-refractivity contribution in [1.82, 2.24) is 4.90 Å². The number of hydrogen-bond acceptors (Lipinski definition) is 2. The van der Waals surface area contributed by atoms with Gasteiger partial charge in [-0.15, -0.1) is 0 Å². The fourth-order valence-electron chi connectivity index (χ4n) is 2.63. The molecule has 0 aromatic carbocycles. The summed E-state index contributed by atoms with van der Waals surface area (Å²) in [5.74, 6) is -0.199. The van der Waals surface area contributed by atoms with Crippen LogP contribution < -0.4 is 0 Å². The highest BCUT2D eigenvalue weighted by Crippen LogP contribution is 2.29. The van der Waals surface area contributed by atoms with Crippen molar-refractivity contribution < 1.29 is 14.7 Å². The molecule has 0 bridgehead atoms. The van der Waals surface area contributed by atoms with Crippen molar-refractivity contribution in [3.05, 3.63) is 0 Å². The molecule has 4 heteroatoms. The first-order valence-electron chi connectivity index (χ1n) is 6.22. The minimum absolute atomic E-state index is 0.0382. The Labute approximate surface area is 103 Å². The number of aliphatic carboxylic acids is 1. The zero-order valence-corrected chi connectivity index (χ0v) is 11.2. The standard InChI is InChI=1S/C13H23NO3/c1-9-5-10(2)14(8-9)11(15)6-13(3,4)7-12(16)17/h9-10H,5-8H2,1-4H3,(H,16,17). The van der Waals surface area contributed by atoms with Crippen LogP contribution in [0.1, 0.15) is 47.0 Å². The molecule has 1 fully saturated rings. The van der Waals surface area contributed by atoms with Crippen molar-refractivity contribution in [3.8, 4) is 0 Å². The van der Waals surface area contributed by atoms with Crippen molar-refractivity contribution in [3.63, 3.8) is 0 Å². The third kappa shape index (κ3) is 4.02. The molecule has 0 spiro atoms. The molecule has 2 unspecified atom stereocenters. The van der Waals surface area contributed by atoms with Crippen molar-refractivity contribution in [2.45, 2.75) is 53.0 Å². The van der Waals surface area contributed by atoms with Crippen molar-refractivity contribution in [2.24, 2.45) is 11.3 Å². The number of carbonyl (C=O) groups is 2. The summed E-state index contributed by atoms with van der Waals surface area (Å²) in [6.07, 6.45) is 1.40. The van der Waals surface area contributed by atoms with Gasteiger partial charge < -0.3 is 10.0 Å². The number of amides is 1. The summed E-state index contributed by atoms with van der Waals surface area (Å²) < 4.78 is 0. The summed E-state index contributed by atoms with van der Waals surface area (Å²) in [7, 11) is 0. The quantitative estimate of drug-likeness (QED) is 0.820. The van der Waals surface area contributed by atoms with E-state index in [0.717, 1.165) is 13.0 Å². The maximum absolute atomic E-state index is 12.1. The fourth-order valence-corrected chi connectivity index (χ4v) is 2.63. The molecule has 0 aliphatic carbocycles. The van der Waals surface area contributed by atoms with Crippen LogP contribution in [0.5, 0.6) is 0 Å². The molecule has 1 saturated heterocycles. The van der Waals surface area contributed by atoms with E-state index in [9.17, 15) is 9.59 Å². The van der Waals surface area contributed by atoms with Crippen molar-refractivity contribution >= 4 is 11.9 Å². The van der Waals surface area contributed by atoms with Gasteiger partial charge in [-0.05, 0) is 24.7 Å². The molecule has 0 radical (unpaired) electrons. The van der Waals surface area contributed by atoms with Gasteiger partial charge in [0.25, 0.3) is 0 Å². The molecule has 1 N–H and O–H groups in total. The number of likely N-dealkylation sites (tertiary alicyclic amines) is 1. The highest BCUT2D eigenvalue weighted by atomic mass is 16.4. The van der Waals surface area contributed by atoms with E-state index in [1.807, 2.05) is 18.7 Å². The lowest BCUT2D eigenvalue weighted by Crippen LogP contribution is -2.37. The number of carboxylic acid groups (broad SMARTS) is 1. The van der Waals surface area contributed by atoms with E-state index in [1.54, 1.807) is 0 Å². The minimum Gasteiger partial charge on any atom is -0.481 e. The molecule has 1 amide bonds. The first kappa shape index (κ1) is 14.0. The molecule has 1 aliphatic rings. The molecule has 0 saturated carbocycles. The van der Waals surface area contributed by atoms with Gasteiger partial charge in [-0.3, -0.25) is 9.59 Å². The Balaban J connectivity index is 2.57. The second-order valence-corrected chi connectivity index (χ2v) is 6.15. The van der Waals surface area contributed by atoms with E-state index in [2.05, 4.69) is 13.8 Å². The predicted molar refractivity (Wildman–Crippen MR) is 65.6 cm³/mol. The van der Waals surface area contributed by atoms with E-state index in [0.29, 0.717) is 12.3 Å². The van der Waals surface area contributed by atoms with Crippen LogP contribution in [0, 0.1) is 11.3 Å². The number of carbonyl (C=O) groups excluding carboxylic acids is 1. The third-order valence-corrected chi connectivity index (χ3v) is 3.36. The maximum Gasteiger partial charge on any atom is 0.303 e. The third-order valence-electron chi connectivity index (χ3n) is 3.36. The lowest BCUT2D eigenvalue weighted by atomic mass is 9.85. The van der Waals surface area contributed by atoms with Crippen LogP contribution in [-0.2, 0) is 9.59 Å². The van der Waals surface area contributed by atoms with Crippen LogP contribution in [-0.4, -0.2) is 34.5 Å². The van der Waals surface area contributed by atoms with E-state index in [1.165, 1.54) is 0 Å². The minimum atomic E-state index is -0.842. The summed E-state index contributed by atoms with van der Waals surface area (Å²) in [6, 6.07) is 0.290. The maximum atomic E-state index is 12.1. The van der Waals surface area contributed by atoms with E-state index in [-0.39, 0.29) is 18.4 Å². The van der Waals surface area contributed by atoms with E-state index >= 15 is 0 Å². The molecule has 1 rings (SSSR count). The van der Waals surface area contributed by atoms with Gasteiger partial charge in [0.15, 0.2) is 0 Å². The van der Waals surface area contributed by atoms with Crippen LogP contribution in [0.4, 0.5) is 0 Å². The Morgan fingerprint density at radius 3 is 2.29 bits per heavy atom. The van der Waals surface area contributed by atoms with Crippen LogP contribution in [0.15, 0.2) is 0 Å². The highest BCUT2D eigenvalue weighted by molar-refractivity contribution is 5.78. The largest absolute Gasteiger partial charge is 0.481 e. The summed E-state index contributed by atoms with van der Waals surface area (Å²) >= 11 is 0. The topological polar surface area (TPSA) is 57.6 Å². The number of carboxylic acids is 1. The molecule has 17 heavy (non-hydrogen) atoms. The zero-order chi connectivity index (χ0) is 13.2. The molecule has 0 aromatic heterocycles. The molecule has 98 valence electrons. The Bertz CT molecular complexity index is 312.